The van der Waals surface area contributed by atoms with Gasteiger partial charge in [-0.3, -0.25) is 4.79 Å². The van der Waals surface area contributed by atoms with Crippen molar-refractivity contribution in [2.24, 2.45) is 0 Å². The van der Waals surface area contributed by atoms with Crippen LogP contribution in [0.3, 0.4) is 0 Å². The number of aryl methyl sites for hydroxylation is 3. The Bertz CT molecular complexity index is 787. The molecule has 1 aliphatic carbocycles. The Kier molecular flexibility index (Phi) is 7.35. The second kappa shape index (κ2) is 10.2. The van der Waals surface area contributed by atoms with Crippen molar-refractivity contribution in [1.82, 2.24) is 5.32 Å². The summed E-state index contributed by atoms with van der Waals surface area (Å²) in [5.41, 5.74) is 3.96. The number of rotatable bonds is 9. The Balaban J connectivity index is 1.43. The highest BCUT2D eigenvalue weighted by molar-refractivity contribution is 5.80. The molecule has 1 atom stereocenters. The van der Waals surface area contributed by atoms with Crippen LogP contribution in [0.15, 0.2) is 42.5 Å². The third kappa shape index (κ3) is 5.51. The highest BCUT2D eigenvalue weighted by Crippen LogP contribution is 2.26. The third-order valence-corrected chi connectivity index (χ3v) is 5.20. The van der Waals surface area contributed by atoms with Gasteiger partial charge in [-0.1, -0.05) is 24.3 Å². The summed E-state index contributed by atoms with van der Waals surface area (Å²) in [6, 6.07) is 14.3. The van der Waals surface area contributed by atoms with E-state index in [0.29, 0.717) is 13.2 Å². The van der Waals surface area contributed by atoms with Crippen LogP contribution in [0, 0.1) is 0 Å². The molecule has 0 aliphatic heterocycles. The summed E-state index contributed by atoms with van der Waals surface area (Å²) < 4.78 is 11.5. The van der Waals surface area contributed by atoms with Crippen LogP contribution in [-0.4, -0.2) is 25.2 Å². The summed E-state index contributed by atoms with van der Waals surface area (Å²) in [4.78, 5) is 12.4. The average molecular weight is 382 g/mol. The van der Waals surface area contributed by atoms with Crippen LogP contribution >= 0.6 is 0 Å². The van der Waals surface area contributed by atoms with E-state index in [1.54, 1.807) is 6.92 Å². The van der Waals surface area contributed by atoms with E-state index in [1.807, 2.05) is 31.2 Å². The molecule has 1 aliphatic rings. The van der Waals surface area contributed by atoms with E-state index in [-0.39, 0.29) is 5.91 Å². The maximum atomic E-state index is 12.4. The predicted octanol–water partition coefficient (Wildman–Crippen LogP) is 4.48. The first-order chi connectivity index (χ1) is 13.7. The molecule has 3 rings (SSSR count). The lowest BCUT2D eigenvalue weighted by molar-refractivity contribution is -0.127. The lowest BCUT2D eigenvalue weighted by Crippen LogP contribution is -2.37. The summed E-state index contributed by atoms with van der Waals surface area (Å²) >= 11 is 0. The molecule has 0 heterocycles. The van der Waals surface area contributed by atoms with E-state index in [1.165, 1.54) is 29.5 Å². The fraction of sp³-hybridized carbons (Fsp3) is 0.458. The highest BCUT2D eigenvalue weighted by atomic mass is 16.5. The fourth-order valence-corrected chi connectivity index (χ4v) is 3.68. The van der Waals surface area contributed by atoms with Crippen LogP contribution in [0.4, 0.5) is 0 Å². The van der Waals surface area contributed by atoms with Crippen LogP contribution in [0.1, 0.15) is 49.8 Å². The molecule has 0 saturated carbocycles. The molecule has 0 radical (unpaired) electrons. The van der Waals surface area contributed by atoms with E-state index >= 15 is 0 Å². The predicted molar refractivity (Wildman–Crippen MR) is 112 cm³/mol. The van der Waals surface area contributed by atoms with Crippen LogP contribution < -0.4 is 14.8 Å². The molecule has 0 fully saturated rings. The van der Waals surface area contributed by atoms with Crippen molar-refractivity contribution < 1.29 is 14.3 Å². The van der Waals surface area contributed by atoms with Crippen molar-refractivity contribution in [3.63, 3.8) is 0 Å². The number of benzene rings is 2. The van der Waals surface area contributed by atoms with Crippen LogP contribution in [-0.2, 0) is 24.1 Å². The van der Waals surface area contributed by atoms with Gasteiger partial charge in [0.25, 0.3) is 5.91 Å². The summed E-state index contributed by atoms with van der Waals surface area (Å²) in [7, 11) is 0. The molecule has 0 saturated heterocycles. The first kappa shape index (κ1) is 20.2. The van der Waals surface area contributed by atoms with Gasteiger partial charge in [-0.2, -0.15) is 0 Å². The first-order valence-corrected chi connectivity index (χ1v) is 10.4. The van der Waals surface area contributed by atoms with E-state index in [9.17, 15) is 4.79 Å². The SMILES string of the molecule is CCOc1ccccc1CCCNC(=O)[C@H](C)Oc1ccc2c(c1)CCCC2. The first-order valence-electron chi connectivity index (χ1n) is 10.4. The fourth-order valence-electron chi connectivity index (χ4n) is 3.68. The van der Waals surface area contributed by atoms with Gasteiger partial charge in [0, 0.05) is 6.54 Å². The van der Waals surface area contributed by atoms with Crippen LogP contribution in [0.5, 0.6) is 11.5 Å². The minimum absolute atomic E-state index is 0.0733. The van der Waals surface area contributed by atoms with Crippen LogP contribution in [0.25, 0.3) is 0 Å². The number of amides is 1. The Morgan fingerprint density at radius 3 is 2.71 bits per heavy atom. The molecule has 2 aromatic carbocycles. The van der Waals surface area contributed by atoms with Gasteiger partial charge in [-0.15, -0.1) is 0 Å². The molecule has 150 valence electrons. The number of hydrogen-bond acceptors (Lipinski definition) is 3. The van der Waals surface area contributed by atoms with Gasteiger partial charge in [0.2, 0.25) is 0 Å². The average Bonchev–Trinajstić information content (AvgIpc) is 2.72. The molecule has 4 heteroatoms. The van der Waals surface area contributed by atoms with E-state index in [4.69, 9.17) is 9.47 Å². The zero-order valence-electron chi connectivity index (χ0n) is 17.0. The molecule has 0 aromatic heterocycles. The Labute approximate surface area is 168 Å². The van der Waals surface area contributed by atoms with Gasteiger partial charge in [-0.05, 0) is 87.3 Å². The number of carbonyl (C=O) groups excluding carboxylic acids is 1. The number of hydrogen-bond donors (Lipinski definition) is 1. The molecule has 0 unspecified atom stereocenters. The lowest BCUT2D eigenvalue weighted by Gasteiger charge is -2.19. The molecule has 1 N–H and O–H groups in total. The standard InChI is InChI=1S/C24H31NO3/c1-3-27-23-13-7-6-10-20(23)12-8-16-25-24(26)18(2)28-22-15-14-19-9-4-5-11-21(19)17-22/h6-7,10,13-15,17-18H,3-5,8-9,11-12,16H2,1-2H3,(H,25,26)/t18-/m0/s1. The molecule has 0 spiro atoms. The molecule has 2 aromatic rings. The van der Waals surface area contributed by atoms with Gasteiger partial charge in [0.05, 0.1) is 6.61 Å². The molecule has 4 nitrogen and oxygen atoms in total. The number of para-hydroxylation sites is 1. The molecule has 0 bridgehead atoms. The Morgan fingerprint density at radius 2 is 1.89 bits per heavy atom. The number of carbonyl (C=O) groups is 1. The summed E-state index contributed by atoms with van der Waals surface area (Å²) in [6.45, 7) is 5.07. The second-order valence-electron chi connectivity index (χ2n) is 7.33. The minimum Gasteiger partial charge on any atom is -0.494 e. The normalized spacial score (nSPS) is 14.1. The van der Waals surface area contributed by atoms with Crippen molar-refractivity contribution in [1.29, 1.82) is 0 Å². The highest BCUT2D eigenvalue weighted by Gasteiger charge is 2.16. The van der Waals surface area contributed by atoms with Crippen molar-refractivity contribution in [3.05, 3.63) is 59.2 Å². The topological polar surface area (TPSA) is 47.6 Å². The molecule has 28 heavy (non-hydrogen) atoms. The maximum absolute atomic E-state index is 12.4. The van der Waals surface area contributed by atoms with Gasteiger partial charge < -0.3 is 14.8 Å². The zero-order chi connectivity index (χ0) is 19.8. The van der Waals surface area contributed by atoms with Gasteiger partial charge in [0.1, 0.15) is 11.5 Å². The van der Waals surface area contributed by atoms with Crippen molar-refractivity contribution >= 4 is 5.91 Å². The molecule has 1 amide bonds. The smallest absolute Gasteiger partial charge is 0.260 e. The third-order valence-electron chi connectivity index (χ3n) is 5.20. The number of ether oxygens (including phenoxy) is 2. The van der Waals surface area contributed by atoms with Crippen molar-refractivity contribution in [2.45, 2.75) is 58.5 Å². The Morgan fingerprint density at radius 1 is 1.11 bits per heavy atom. The van der Waals surface area contributed by atoms with E-state index in [2.05, 4.69) is 23.5 Å². The Hall–Kier alpha value is -2.49. The summed E-state index contributed by atoms with van der Waals surface area (Å²) in [5, 5.41) is 2.98. The minimum atomic E-state index is -0.502. The monoisotopic (exact) mass is 381 g/mol. The quantitative estimate of drug-likeness (QED) is 0.652. The summed E-state index contributed by atoms with van der Waals surface area (Å²) in [5.74, 6) is 1.64. The van der Waals surface area contributed by atoms with Crippen molar-refractivity contribution in [2.75, 3.05) is 13.2 Å². The molecular weight excluding hydrogens is 350 g/mol. The van der Waals surface area contributed by atoms with Crippen molar-refractivity contribution in [3.8, 4) is 11.5 Å². The lowest BCUT2D eigenvalue weighted by atomic mass is 9.92. The van der Waals surface area contributed by atoms with Gasteiger partial charge in [0.15, 0.2) is 6.10 Å². The van der Waals surface area contributed by atoms with E-state index in [0.717, 1.165) is 37.2 Å². The summed E-state index contributed by atoms with van der Waals surface area (Å²) in [6.07, 6.45) is 5.99. The van der Waals surface area contributed by atoms with E-state index < -0.39 is 6.10 Å². The largest absolute Gasteiger partial charge is 0.494 e. The molecular formula is C24H31NO3. The van der Waals surface area contributed by atoms with Gasteiger partial charge >= 0.3 is 0 Å². The zero-order valence-corrected chi connectivity index (χ0v) is 17.0. The number of nitrogens with one attached hydrogen (secondary N) is 1. The second-order valence-corrected chi connectivity index (χ2v) is 7.33. The maximum Gasteiger partial charge on any atom is 0.260 e. The van der Waals surface area contributed by atoms with Gasteiger partial charge in [-0.25, -0.2) is 0 Å². The van der Waals surface area contributed by atoms with Crippen LogP contribution in [0.2, 0.25) is 0 Å². The number of fused-ring (bicyclic) bond motifs is 1.